The van der Waals surface area contributed by atoms with Gasteiger partial charge in [0.25, 0.3) is 0 Å². The van der Waals surface area contributed by atoms with Crippen LogP contribution in [0.25, 0.3) is 0 Å². The number of hydrogen-bond donors (Lipinski definition) is 0. The smallest absolute Gasteiger partial charge is 0.135 e. The van der Waals surface area contributed by atoms with E-state index in [2.05, 4.69) is 13.8 Å². The molecule has 0 atom stereocenters. The molecule has 0 aromatic heterocycles. The Kier molecular flexibility index (Phi) is 2.24. The van der Waals surface area contributed by atoms with E-state index in [0.29, 0.717) is 11.2 Å². The second-order valence-corrected chi connectivity index (χ2v) is 6.11. The first-order chi connectivity index (χ1) is 6.48. The van der Waals surface area contributed by atoms with Gasteiger partial charge in [-0.1, -0.05) is 13.8 Å². The predicted molar refractivity (Wildman–Crippen MR) is 58.1 cm³/mol. The lowest BCUT2D eigenvalue weighted by Gasteiger charge is -2.28. The van der Waals surface area contributed by atoms with E-state index in [1.54, 1.807) is 6.92 Å². The maximum absolute atomic E-state index is 11.7. The predicted octanol–water partition coefficient (Wildman–Crippen LogP) is 3.57. The third-order valence-electron chi connectivity index (χ3n) is 4.57. The molecule has 2 aliphatic rings. The lowest BCUT2D eigenvalue weighted by atomic mass is 9.77. The van der Waals surface area contributed by atoms with Crippen molar-refractivity contribution in [3.05, 3.63) is 0 Å². The molecule has 2 saturated carbocycles. The van der Waals surface area contributed by atoms with Crippen LogP contribution < -0.4 is 0 Å². The number of carbonyl (C=O) groups excluding carboxylic acids is 1. The zero-order valence-corrected chi connectivity index (χ0v) is 9.73. The summed E-state index contributed by atoms with van der Waals surface area (Å²) >= 11 is 0. The summed E-state index contributed by atoms with van der Waals surface area (Å²) in [7, 11) is 0. The minimum absolute atomic E-state index is 0.120. The molecule has 2 bridgehead atoms. The van der Waals surface area contributed by atoms with Crippen molar-refractivity contribution in [2.45, 2.75) is 59.3 Å². The second kappa shape index (κ2) is 3.08. The first kappa shape index (κ1) is 10.2. The van der Waals surface area contributed by atoms with Gasteiger partial charge in [0, 0.05) is 5.41 Å². The van der Waals surface area contributed by atoms with Crippen LogP contribution in [-0.2, 0) is 4.79 Å². The Bertz CT molecular complexity index is 244. The number of ketones is 1. The lowest BCUT2D eigenvalue weighted by molar-refractivity contribution is -0.126. The van der Waals surface area contributed by atoms with Crippen molar-refractivity contribution in [3.8, 4) is 0 Å². The quantitative estimate of drug-likeness (QED) is 0.671. The van der Waals surface area contributed by atoms with Gasteiger partial charge in [-0.2, -0.15) is 0 Å². The van der Waals surface area contributed by atoms with E-state index in [-0.39, 0.29) is 5.41 Å². The molecule has 2 fully saturated rings. The Morgan fingerprint density at radius 3 is 2.14 bits per heavy atom. The second-order valence-electron chi connectivity index (χ2n) is 6.11. The van der Waals surface area contributed by atoms with Crippen molar-refractivity contribution in [1.29, 1.82) is 0 Å². The highest BCUT2D eigenvalue weighted by atomic mass is 16.1. The first-order valence-electron chi connectivity index (χ1n) is 5.99. The monoisotopic (exact) mass is 194 g/mol. The molecule has 2 rings (SSSR count). The summed E-state index contributed by atoms with van der Waals surface area (Å²) in [6, 6.07) is 0. The van der Waals surface area contributed by atoms with E-state index >= 15 is 0 Å². The maximum Gasteiger partial charge on any atom is 0.135 e. The number of fused-ring (bicyclic) bond motifs is 2. The summed E-state index contributed by atoms with van der Waals surface area (Å²) < 4.78 is 0. The molecule has 0 N–H and O–H groups in total. The van der Waals surface area contributed by atoms with Crippen LogP contribution in [-0.4, -0.2) is 5.78 Å². The van der Waals surface area contributed by atoms with E-state index in [4.69, 9.17) is 0 Å². The largest absolute Gasteiger partial charge is 0.299 e. The molecule has 0 radical (unpaired) electrons. The lowest BCUT2D eigenvalue weighted by Crippen LogP contribution is -2.23. The van der Waals surface area contributed by atoms with Crippen molar-refractivity contribution in [1.82, 2.24) is 0 Å². The average molecular weight is 194 g/mol. The van der Waals surface area contributed by atoms with Crippen LogP contribution in [0.4, 0.5) is 0 Å². The van der Waals surface area contributed by atoms with Gasteiger partial charge in [-0.3, -0.25) is 4.79 Å². The molecule has 80 valence electrons. The fourth-order valence-electron chi connectivity index (χ4n) is 3.95. The van der Waals surface area contributed by atoms with Gasteiger partial charge in [0.2, 0.25) is 0 Å². The Morgan fingerprint density at radius 1 is 1.21 bits per heavy atom. The summed E-state index contributed by atoms with van der Waals surface area (Å²) in [5.74, 6) is 1.25. The molecule has 1 nitrogen and oxygen atoms in total. The third kappa shape index (κ3) is 1.41. The first-order valence-corrected chi connectivity index (χ1v) is 5.99. The van der Waals surface area contributed by atoms with Crippen LogP contribution in [0.3, 0.4) is 0 Å². The molecule has 0 aromatic carbocycles. The summed E-state index contributed by atoms with van der Waals surface area (Å²) in [4.78, 5) is 11.7. The van der Waals surface area contributed by atoms with E-state index in [9.17, 15) is 4.79 Å². The zero-order valence-electron chi connectivity index (χ0n) is 9.73. The van der Waals surface area contributed by atoms with E-state index in [1.807, 2.05) is 0 Å². The van der Waals surface area contributed by atoms with Gasteiger partial charge in [-0.25, -0.2) is 0 Å². The van der Waals surface area contributed by atoms with Gasteiger partial charge in [0.05, 0.1) is 0 Å². The molecule has 2 aliphatic carbocycles. The molecule has 1 heteroatoms. The normalized spacial score (nSPS) is 40.9. The Hall–Kier alpha value is -0.330. The van der Waals surface area contributed by atoms with Gasteiger partial charge in [-0.05, 0) is 56.8 Å². The summed E-state index contributed by atoms with van der Waals surface area (Å²) in [6.45, 7) is 6.42. The van der Waals surface area contributed by atoms with Gasteiger partial charge in [0.1, 0.15) is 5.78 Å². The van der Waals surface area contributed by atoms with Crippen LogP contribution >= 0.6 is 0 Å². The van der Waals surface area contributed by atoms with Gasteiger partial charge < -0.3 is 0 Å². The average Bonchev–Trinajstić information content (AvgIpc) is 2.58. The van der Waals surface area contributed by atoms with Crippen molar-refractivity contribution >= 4 is 5.78 Å². The molecule has 14 heavy (non-hydrogen) atoms. The van der Waals surface area contributed by atoms with Crippen molar-refractivity contribution < 1.29 is 4.79 Å². The minimum Gasteiger partial charge on any atom is -0.299 e. The van der Waals surface area contributed by atoms with Gasteiger partial charge in [0.15, 0.2) is 0 Å². The summed E-state index contributed by atoms with van der Waals surface area (Å²) in [6.07, 6.45) is 7.51. The van der Waals surface area contributed by atoms with Crippen molar-refractivity contribution in [2.75, 3.05) is 0 Å². The third-order valence-corrected chi connectivity index (χ3v) is 4.57. The van der Waals surface area contributed by atoms with Crippen LogP contribution in [0, 0.1) is 16.7 Å². The van der Waals surface area contributed by atoms with Gasteiger partial charge >= 0.3 is 0 Å². The van der Waals surface area contributed by atoms with E-state index < -0.39 is 0 Å². The molecular formula is C13H22O. The Balaban J connectivity index is 2.12. The fraction of sp³-hybridized carbons (Fsp3) is 0.923. The minimum atomic E-state index is 0.120. The van der Waals surface area contributed by atoms with Crippen LogP contribution in [0.5, 0.6) is 0 Å². The molecule has 0 spiro atoms. The van der Waals surface area contributed by atoms with Crippen molar-refractivity contribution in [3.63, 3.8) is 0 Å². The molecular weight excluding hydrogens is 172 g/mol. The zero-order chi connectivity index (χ0) is 10.4. The molecule has 0 aromatic rings. The highest BCUT2D eigenvalue weighted by Gasteiger charge is 2.56. The SMILES string of the molecule is CC(=O)C12CCC(CC(C)C)(CC1)C2. The van der Waals surface area contributed by atoms with Crippen molar-refractivity contribution in [2.24, 2.45) is 16.7 Å². The van der Waals surface area contributed by atoms with E-state index in [0.717, 1.165) is 5.92 Å². The maximum atomic E-state index is 11.7. The van der Waals surface area contributed by atoms with Crippen LogP contribution in [0.1, 0.15) is 59.3 Å². The number of rotatable bonds is 3. The number of Topliss-reactive ketones (excluding diaryl/α,β-unsaturated/α-hetero) is 1. The molecule has 0 heterocycles. The standard InChI is InChI=1S/C13H22O/c1-10(2)8-12-4-6-13(9-12,7-5-12)11(3)14/h10H,4-9H2,1-3H3. The molecule has 0 aliphatic heterocycles. The summed E-state index contributed by atoms with van der Waals surface area (Å²) in [5.41, 5.74) is 0.675. The molecule has 0 saturated heterocycles. The number of carbonyl (C=O) groups is 1. The highest BCUT2D eigenvalue weighted by Crippen LogP contribution is 2.63. The Labute approximate surface area is 87.3 Å². The number of hydrogen-bond acceptors (Lipinski definition) is 1. The fourth-order valence-corrected chi connectivity index (χ4v) is 3.95. The topological polar surface area (TPSA) is 17.1 Å². The van der Waals surface area contributed by atoms with E-state index in [1.165, 1.54) is 38.5 Å². The summed E-state index contributed by atoms with van der Waals surface area (Å²) in [5, 5.41) is 0. The van der Waals surface area contributed by atoms with Gasteiger partial charge in [-0.15, -0.1) is 0 Å². The molecule has 0 amide bonds. The highest BCUT2D eigenvalue weighted by molar-refractivity contribution is 5.83. The Morgan fingerprint density at radius 2 is 1.79 bits per heavy atom. The molecule has 0 unspecified atom stereocenters. The van der Waals surface area contributed by atoms with Crippen LogP contribution in [0.2, 0.25) is 0 Å². The van der Waals surface area contributed by atoms with Crippen LogP contribution in [0.15, 0.2) is 0 Å².